The van der Waals surface area contributed by atoms with Crippen molar-refractivity contribution < 1.29 is 14.4 Å². The van der Waals surface area contributed by atoms with E-state index in [1.807, 2.05) is 50.2 Å². The highest BCUT2D eigenvalue weighted by molar-refractivity contribution is 8.00. The van der Waals surface area contributed by atoms with Gasteiger partial charge >= 0.3 is 0 Å². The quantitative estimate of drug-likeness (QED) is 0.195. The summed E-state index contributed by atoms with van der Waals surface area (Å²) in [5.74, 6) is -0.893. The lowest BCUT2D eigenvalue weighted by Crippen LogP contribution is -2.30. The number of carbonyl (C=O) groups is 3. The lowest BCUT2D eigenvalue weighted by Gasteiger charge is -2.12. The Kier molecular flexibility index (Phi) is 9.02. The monoisotopic (exact) mass is 543 g/mol. The number of benzene rings is 3. The molecule has 0 unspecified atom stereocenters. The van der Waals surface area contributed by atoms with Crippen molar-refractivity contribution in [2.75, 3.05) is 16.4 Å². The van der Waals surface area contributed by atoms with E-state index in [2.05, 4.69) is 26.1 Å². The zero-order valence-corrected chi connectivity index (χ0v) is 22.4. The molecule has 3 amide bonds. The first kappa shape index (κ1) is 26.8. The SMILES string of the molecule is Cc1ccc(/C=C(\NC(=O)c2ccccc2)C(=O)Nc2cccc(SCC(=O)Nc3nnc(C)s3)c2)cc1. The molecule has 1 aromatic heterocycles. The molecule has 0 radical (unpaired) electrons. The van der Waals surface area contributed by atoms with Crippen LogP contribution in [0.25, 0.3) is 6.08 Å². The molecule has 192 valence electrons. The van der Waals surface area contributed by atoms with Gasteiger partial charge in [0.15, 0.2) is 0 Å². The number of aromatic nitrogens is 2. The van der Waals surface area contributed by atoms with Gasteiger partial charge in [0.25, 0.3) is 11.8 Å². The third kappa shape index (κ3) is 7.86. The van der Waals surface area contributed by atoms with Gasteiger partial charge in [0.05, 0.1) is 5.75 Å². The highest BCUT2D eigenvalue weighted by atomic mass is 32.2. The van der Waals surface area contributed by atoms with Gasteiger partial charge in [0.2, 0.25) is 11.0 Å². The number of hydrogen-bond donors (Lipinski definition) is 3. The van der Waals surface area contributed by atoms with Crippen molar-refractivity contribution in [1.29, 1.82) is 0 Å². The van der Waals surface area contributed by atoms with Gasteiger partial charge in [0, 0.05) is 16.1 Å². The van der Waals surface area contributed by atoms with Gasteiger partial charge in [0.1, 0.15) is 10.7 Å². The molecular weight excluding hydrogens is 518 g/mol. The summed E-state index contributed by atoms with van der Waals surface area (Å²) in [5, 5.41) is 17.3. The second-order valence-electron chi connectivity index (χ2n) is 8.23. The number of carbonyl (C=O) groups excluding carboxylic acids is 3. The van der Waals surface area contributed by atoms with Crippen molar-refractivity contribution in [3.8, 4) is 0 Å². The molecule has 8 nitrogen and oxygen atoms in total. The van der Waals surface area contributed by atoms with Crippen LogP contribution in [0.5, 0.6) is 0 Å². The minimum Gasteiger partial charge on any atom is -0.321 e. The highest BCUT2D eigenvalue weighted by Crippen LogP contribution is 2.23. The Morgan fingerprint density at radius 2 is 1.66 bits per heavy atom. The number of nitrogens with zero attached hydrogens (tertiary/aromatic N) is 2. The molecule has 3 N–H and O–H groups in total. The Bertz CT molecular complexity index is 1470. The maximum Gasteiger partial charge on any atom is 0.272 e. The summed E-state index contributed by atoms with van der Waals surface area (Å²) in [6, 6.07) is 23.5. The van der Waals surface area contributed by atoms with Gasteiger partial charge in [-0.25, -0.2) is 0 Å². The molecule has 0 bridgehead atoms. The average molecular weight is 544 g/mol. The van der Waals surface area contributed by atoms with Gasteiger partial charge in [-0.1, -0.05) is 65.4 Å². The summed E-state index contributed by atoms with van der Waals surface area (Å²) >= 11 is 2.63. The molecule has 0 saturated heterocycles. The first-order valence-electron chi connectivity index (χ1n) is 11.6. The summed E-state index contributed by atoms with van der Waals surface area (Å²) in [4.78, 5) is 39.1. The van der Waals surface area contributed by atoms with Crippen molar-refractivity contribution in [3.05, 3.63) is 106 Å². The number of aryl methyl sites for hydroxylation is 2. The van der Waals surface area contributed by atoms with Crippen LogP contribution in [-0.2, 0) is 9.59 Å². The molecule has 4 rings (SSSR count). The summed E-state index contributed by atoms with van der Waals surface area (Å²) in [6.45, 7) is 3.79. The summed E-state index contributed by atoms with van der Waals surface area (Å²) < 4.78 is 0. The van der Waals surface area contributed by atoms with Crippen LogP contribution in [0, 0.1) is 13.8 Å². The van der Waals surface area contributed by atoms with Gasteiger partial charge in [-0.2, -0.15) is 0 Å². The second-order valence-corrected chi connectivity index (χ2v) is 10.5. The summed E-state index contributed by atoms with van der Waals surface area (Å²) in [6.07, 6.45) is 1.63. The third-order valence-corrected chi connectivity index (χ3v) is 6.90. The maximum atomic E-state index is 13.3. The Morgan fingerprint density at radius 3 is 2.37 bits per heavy atom. The molecule has 1 heterocycles. The molecule has 0 fully saturated rings. The fraction of sp³-hybridized carbons (Fsp3) is 0.107. The molecule has 0 aliphatic rings. The zero-order chi connectivity index (χ0) is 26.9. The van der Waals surface area contributed by atoms with Crippen molar-refractivity contribution in [2.24, 2.45) is 0 Å². The van der Waals surface area contributed by atoms with Crippen LogP contribution in [0.2, 0.25) is 0 Å². The summed E-state index contributed by atoms with van der Waals surface area (Å²) in [5.41, 5.74) is 2.94. The predicted octanol–water partition coefficient (Wildman–Crippen LogP) is 5.30. The highest BCUT2D eigenvalue weighted by Gasteiger charge is 2.15. The fourth-order valence-electron chi connectivity index (χ4n) is 3.29. The molecule has 0 aliphatic carbocycles. The van der Waals surface area contributed by atoms with Crippen molar-refractivity contribution in [2.45, 2.75) is 18.7 Å². The average Bonchev–Trinajstić information content (AvgIpc) is 3.33. The van der Waals surface area contributed by atoms with Crippen LogP contribution >= 0.6 is 23.1 Å². The van der Waals surface area contributed by atoms with Gasteiger partial charge in [-0.3, -0.25) is 19.7 Å². The molecular formula is C28H25N5O3S2. The van der Waals surface area contributed by atoms with Crippen molar-refractivity contribution in [3.63, 3.8) is 0 Å². The minimum absolute atomic E-state index is 0.104. The minimum atomic E-state index is -0.471. The van der Waals surface area contributed by atoms with Crippen LogP contribution in [0.3, 0.4) is 0 Å². The fourth-order valence-corrected chi connectivity index (χ4v) is 4.65. The molecule has 0 spiro atoms. The lowest BCUT2D eigenvalue weighted by atomic mass is 10.1. The molecule has 38 heavy (non-hydrogen) atoms. The van der Waals surface area contributed by atoms with Gasteiger partial charge in [-0.05, 0) is 55.8 Å². The Morgan fingerprint density at radius 1 is 0.895 bits per heavy atom. The van der Waals surface area contributed by atoms with E-state index in [0.29, 0.717) is 16.4 Å². The Labute approximate surface area is 228 Å². The maximum absolute atomic E-state index is 13.3. The Hall–Kier alpha value is -4.28. The van der Waals surface area contributed by atoms with Gasteiger partial charge < -0.3 is 10.6 Å². The largest absolute Gasteiger partial charge is 0.321 e. The van der Waals surface area contributed by atoms with Gasteiger partial charge in [-0.15, -0.1) is 22.0 Å². The lowest BCUT2D eigenvalue weighted by molar-refractivity contribution is -0.114. The van der Waals surface area contributed by atoms with E-state index in [4.69, 9.17) is 0 Å². The van der Waals surface area contributed by atoms with E-state index in [-0.39, 0.29) is 23.3 Å². The van der Waals surface area contributed by atoms with Crippen LogP contribution in [0.4, 0.5) is 10.8 Å². The molecule has 0 aliphatic heterocycles. The number of amides is 3. The van der Waals surface area contributed by atoms with E-state index in [1.54, 1.807) is 48.5 Å². The Balaban J connectivity index is 1.45. The normalized spacial score (nSPS) is 11.1. The second kappa shape index (κ2) is 12.8. The van der Waals surface area contributed by atoms with Crippen LogP contribution < -0.4 is 16.0 Å². The van der Waals surface area contributed by atoms with E-state index >= 15 is 0 Å². The standard InChI is InChI=1S/C28H25N5O3S2/c1-18-11-13-20(14-12-18)15-24(30-26(35)21-7-4-3-5-8-21)27(36)29-22-9-6-10-23(16-22)37-17-25(34)31-28-33-32-19(2)38-28/h3-16H,17H2,1-2H3,(H,29,36)(H,30,35)(H,31,33,34)/b24-15-. The molecule has 0 saturated carbocycles. The first-order chi connectivity index (χ1) is 18.4. The zero-order valence-electron chi connectivity index (χ0n) is 20.7. The van der Waals surface area contributed by atoms with Crippen molar-refractivity contribution in [1.82, 2.24) is 15.5 Å². The van der Waals surface area contributed by atoms with E-state index < -0.39 is 5.91 Å². The van der Waals surface area contributed by atoms with E-state index in [9.17, 15) is 14.4 Å². The van der Waals surface area contributed by atoms with Crippen LogP contribution in [0.1, 0.15) is 26.5 Å². The van der Waals surface area contributed by atoms with Crippen LogP contribution in [-0.4, -0.2) is 33.7 Å². The topological polar surface area (TPSA) is 113 Å². The predicted molar refractivity (Wildman–Crippen MR) is 152 cm³/mol. The number of nitrogens with one attached hydrogen (secondary N) is 3. The third-order valence-electron chi connectivity index (χ3n) is 5.15. The van der Waals surface area contributed by atoms with Crippen LogP contribution in [0.15, 0.2) is 89.5 Å². The number of hydrogen-bond acceptors (Lipinski definition) is 7. The number of thioether (sulfide) groups is 1. The van der Waals surface area contributed by atoms with E-state index in [1.165, 1.54) is 23.1 Å². The molecule has 10 heteroatoms. The molecule has 3 aromatic carbocycles. The van der Waals surface area contributed by atoms with Crippen molar-refractivity contribution >= 4 is 57.7 Å². The number of rotatable bonds is 9. The number of anilines is 2. The smallest absolute Gasteiger partial charge is 0.272 e. The van der Waals surface area contributed by atoms with E-state index in [0.717, 1.165) is 21.0 Å². The first-order valence-corrected chi connectivity index (χ1v) is 13.4. The molecule has 4 aromatic rings. The molecule has 0 atom stereocenters. The summed E-state index contributed by atoms with van der Waals surface area (Å²) in [7, 11) is 0.